The number of benzene rings is 1. The van der Waals surface area contributed by atoms with Gasteiger partial charge < -0.3 is 11.1 Å². The summed E-state index contributed by atoms with van der Waals surface area (Å²) in [4.78, 5) is 16.6. The molecule has 1 amide bonds. The number of para-hydroxylation sites is 1. The predicted octanol–water partition coefficient (Wildman–Crippen LogP) is 2.10. The van der Waals surface area contributed by atoms with E-state index in [9.17, 15) is 4.79 Å². The van der Waals surface area contributed by atoms with Gasteiger partial charge in [0.15, 0.2) is 0 Å². The minimum Gasteiger partial charge on any atom is -0.396 e. The number of aromatic amines is 1. The number of aromatic nitrogens is 3. The zero-order valence-electron chi connectivity index (χ0n) is 10.8. The van der Waals surface area contributed by atoms with Gasteiger partial charge >= 0.3 is 0 Å². The van der Waals surface area contributed by atoms with Gasteiger partial charge in [-0.3, -0.25) is 14.9 Å². The number of aryl methyl sites for hydroxylation is 1. The Morgan fingerprint density at radius 2 is 2.15 bits per heavy atom. The maximum absolute atomic E-state index is 12.2. The van der Waals surface area contributed by atoms with Crippen LogP contribution in [-0.2, 0) is 0 Å². The van der Waals surface area contributed by atoms with Gasteiger partial charge in [0.2, 0.25) is 0 Å². The van der Waals surface area contributed by atoms with E-state index in [0.717, 1.165) is 16.6 Å². The molecule has 0 fully saturated rings. The van der Waals surface area contributed by atoms with Crippen molar-refractivity contribution in [1.29, 1.82) is 0 Å². The maximum atomic E-state index is 12.2. The smallest absolute Gasteiger partial charge is 0.275 e. The number of fused-ring (bicyclic) bond motifs is 1. The van der Waals surface area contributed by atoms with Crippen molar-refractivity contribution in [1.82, 2.24) is 15.2 Å². The van der Waals surface area contributed by atoms with Crippen molar-refractivity contribution in [2.75, 3.05) is 11.1 Å². The third-order valence-corrected chi connectivity index (χ3v) is 2.99. The van der Waals surface area contributed by atoms with E-state index in [4.69, 9.17) is 5.73 Å². The SMILES string of the molecule is Cc1cc(NC(=O)c2[nH]ncc2N)c2ccccc2n1. The van der Waals surface area contributed by atoms with Gasteiger partial charge in [0.25, 0.3) is 5.91 Å². The lowest BCUT2D eigenvalue weighted by Gasteiger charge is -2.09. The standard InChI is InChI=1S/C14H13N5O/c1-8-6-12(9-4-2-3-5-11(9)17-8)18-14(20)13-10(15)7-16-19-13/h2-7H,15H2,1H3,(H,16,19)(H,17,18,20). The average Bonchev–Trinajstić information content (AvgIpc) is 2.85. The van der Waals surface area contributed by atoms with Crippen LogP contribution in [0.4, 0.5) is 11.4 Å². The molecule has 0 bridgehead atoms. The highest BCUT2D eigenvalue weighted by molar-refractivity contribution is 6.09. The highest BCUT2D eigenvalue weighted by atomic mass is 16.2. The van der Waals surface area contributed by atoms with Crippen molar-refractivity contribution in [3.8, 4) is 0 Å². The van der Waals surface area contributed by atoms with Crippen LogP contribution < -0.4 is 11.1 Å². The number of nitrogens with two attached hydrogens (primary N) is 1. The van der Waals surface area contributed by atoms with Crippen LogP contribution in [0.1, 0.15) is 16.2 Å². The number of hydrogen-bond acceptors (Lipinski definition) is 4. The molecule has 3 rings (SSSR count). The molecular formula is C14H13N5O. The summed E-state index contributed by atoms with van der Waals surface area (Å²) in [6, 6.07) is 9.45. The summed E-state index contributed by atoms with van der Waals surface area (Å²) in [6.07, 6.45) is 1.41. The Balaban J connectivity index is 2.03. The Morgan fingerprint density at radius 1 is 1.35 bits per heavy atom. The van der Waals surface area contributed by atoms with Crippen LogP contribution in [0.2, 0.25) is 0 Å². The van der Waals surface area contributed by atoms with Crippen molar-refractivity contribution in [2.24, 2.45) is 0 Å². The van der Waals surface area contributed by atoms with Crippen LogP contribution >= 0.6 is 0 Å². The summed E-state index contributed by atoms with van der Waals surface area (Å²) in [5, 5.41) is 10.0. The van der Waals surface area contributed by atoms with E-state index < -0.39 is 0 Å². The van der Waals surface area contributed by atoms with E-state index in [-0.39, 0.29) is 11.6 Å². The Morgan fingerprint density at radius 3 is 2.90 bits per heavy atom. The molecule has 0 unspecified atom stereocenters. The van der Waals surface area contributed by atoms with E-state index in [1.165, 1.54) is 6.20 Å². The van der Waals surface area contributed by atoms with Crippen LogP contribution in [0, 0.1) is 6.92 Å². The van der Waals surface area contributed by atoms with E-state index in [0.29, 0.717) is 11.4 Å². The lowest BCUT2D eigenvalue weighted by molar-refractivity contribution is 0.102. The Labute approximate surface area is 115 Å². The van der Waals surface area contributed by atoms with Gasteiger partial charge in [-0.2, -0.15) is 5.10 Å². The summed E-state index contributed by atoms with van der Waals surface area (Å²) in [5.41, 5.74) is 8.61. The third-order valence-electron chi connectivity index (χ3n) is 2.99. The second kappa shape index (κ2) is 4.65. The largest absolute Gasteiger partial charge is 0.396 e. The number of anilines is 2. The van der Waals surface area contributed by atoms with Gasteiger partial charge in [-0.05, 0) is 19.1 Å². The fourth-order valence-corrected chi connectivity index (χ4v) is 2.07. The number of nitrogens with zero attached hydrogens (tertiary/aromatic N) is 2. The van der Waals surface area contributed by atoms with Gasteiger partial charge in [0.1, 0.15) is 5.69 Å². The molecule has 0 saturated heterocycles. The predicted molar refractivity (Wildman–Crippen MR) is 77.4 cm³/mol. The molecule has 6 nitrogen and oxygen atoms in total. The summed E-state index contributed by atoms with van der Waals surface area (Å²) >= 11 is 0. The molecule has 20 heavy (non-hydrogen) atoms. The molecule has 6 heteroatoms. The summed E-state index contributed by atoms with van der Waals surface area (Å²) < 4.78 is 0. The number of nitrogens with one attached hydrogen (secondary N) is 2. The topological polar surface area (TPSA) is 96.7 Å². The van der Waals surface area contributed by atoms with Crippen molar-refractivity contribution >= 4 is 28.2 Å². The molecule has 0 aliphatic heterocycles. The molecule has 4 N–H and O–H groups in total. The monoisotopic (exact) mass is 267 g/mol. The molecule has 0 atom stereocenters. The zero-order valence-corrected chi connectivity index (χ0v) is 10.8. The number of carbonyl (C=O) groups is 1. The molecule has 3 aromatic rings. The number of nitrogen functional groups attached to an aromatic ring is 1. The first kappa shape index (κ1) is 12.2. The van der Waals surface area contributed by atoms with Crippen molar-refractivity contribution in [3.05, 3.63) is 47.9 Å². The fourth-order valence-electron chi connectivity index (χ4n) is 2.07. The number of H-pyrrole nitrogens is 1. The van der Waals surface area contributed by atoms with E-state index in [2.05, 4.69) is 20.5 Å². The van der Waals surface area contributed by atoms with Gasteiger partial charge in [-0.15, -0.1) is 0 Å². The third kappa shape index (κ3) is 2.07. The van der Waals surface area contributed by atoms with Crippen molar-refractivity contribution < 1.29 is 4.79 Å². The number of pyridine rings is 1. The van der Waals surface area contributed by atoms with Gasteiger partial charge in [-0.1, -0.05) is 18.2 Å². The minimum absolute atomic E-state index is 0.253. The normalized spacial score (nSPS) is 10.7. The van der Waals surface area contributed by atoms with E-state index in [1.807, 2.05) is 37.3 Å². The zero-order chi connectivity index (χ0) is 14.1. The van der Waals surface area contributed by atoms with E-state index >= 15 is 0 Å². The van der Waals surface area contributed by atoms with Crippen molar-refractivity contribution in [3.63, 3.8) is 0 Å². The number of carbonyl (C=O) groups excluding carboxylic acids is 1. The second-order valence-electron chi connectivity index (χ2n) is 4.48. The first-order chi connectivity index (χ1) is 9.65. The molecule has 0 spiro atoms. The number of amides is 1. The van der Waals surface area contributed by atoms with Crippen LogP contribution in [-0.4, -0.2) is 21.1 Å². The van der Waals surface area contributed by atoms with Gasteiger partial charge in [0, 0.05) is 11.1 Å². The van der Waals surface area contributed by atoms with Gasteiger partial charge in [-0.25, -0.2) is 0 Å². The van der Waals surface area contributed by atoms with Crippen LogP contribution in [0.15, 0.2) is 36.5 Å². The van der Waals surface area contributed by atoms with Crippen LogP contribution in [0.3, 0.4) is 0 Å². The minimum atomic E-state index is -0.323. The summed E-state index contributed by atoms with van der Waals surface area (Å²) in [5.74, 6) is -0.323. The van der Waals surface area contributed by atoms with Gasteiger partial charge in [0.05, 0.1) is 23.1 Å². The maximum Gasteiger partial charge on any atom is 0.275 e. The first-order valence-electron chi connectivity index (χ1n) is 6.12. The van der Waals surface area contributed by atoms with Crippen LogP contribution in [0.5, 0.6) is 0 Å². The fraction of sp³-hybridized carbons (Fsp3) is 0.0714. The molecule has 0 aliphatic rings. The summed E-state index contributed by atoms with van der Waals surface area (Å²) in [6.45, 7) is 1.88. The Kier molecular flexibility index (Phi) is 2.83. The van der Waals surface area contributed by atoms with Crippen LogP contribution in [0.25, 0.3) is 10.9 Å². The number of rotatable bonds is 2. The highest BCUT2D eigenvalue weighted by Gasteiger charge is 2.13. The highest BCUT2D eigenvalue weighted by Crippen LogP contribution is 2.23. The first-order valence-corrected chi connectivity index (χ1v) is 6.12. The Hall–Kier alpha value is -2.89. The molecule has 1 aromatic carbocycles. The second-order valence-corrected chi connectivity index (χ2v) is 4.48. The molecule has 100 valence electrons. The lowest BCUT2D eigenvalue weighted by atomic mass is 10.1. The molecule has 2 heterocycles. The summed E-state index contributed by atoms with van der Waals surface area (Å²) in [7, 11) is 0. The Bertz CT molecular complexity index is 793. The van der Waals surface area contributed by atoms with E-state index in [1.54, 1.807) is 0 Å². The molecule has 0 saturated carbocycles. The van der Waals surface area contributed by atoms with Crippen molar-refractivity contribution in [2.45, 2.75) is 6.92 Å². The lowest BCUT2D eigenvalue weighted by Crippen LogP contribution is -2.14. The molecule has 0 aliphatic carbocycles. The molecule has 2 aromatic heterocycles. The number of hydrogen-bond donors (Lipinski definition) is 3. The quantitative estimate of drug-likeness (QED) is 0.662. The molecular weight excluding hydrogens is 254 g/mol. The average molecular weight is 267 g/mol. The molecule has 0 radical (unpaired) electrons.